The summed E-state index contributed by atoms with van der Waals surface area (Å²) in [5, 5.41) is 15.3. The zero-order valence-corrected chi connectivity index (χ0v) is 30.2. The second kappa shape index (κ2) is 19.6. The molecule has 0 saturated carbocycles. The Kier molecular flexibility index (Phi) is 14.7. The van der Waals surface area contributed by atoms with Gasteiger partial charge in [0.25, 0.3) is 0 Å². The van der Waals surface area contributed by atoms with Crippen LogP contribution < -0.4 is 0 Å². The molecule has 0 amide bonds. The topological polar surface area (TPSA) is 0 Å². The Labute approximate surface area is 289 Å². The van der Waals surface area contributed by atoms with Crippen molar-refractivity contribution in [3.05, 3.63) is 107 Å². The lowest BCUT2D eigenvalue weighted by atomic mass is 9.88. The fraction of sp³-hybridized carbons (Fsp3) is 0.435. The quantitative estimate of drug-likeness (QED) is 0.0646. The molecule has 0 aliphatic carbocycles. The molecule has 0 fully saturated rings. The maximum absolute atomic E-state index is 2.50. The van der Waals surface area contributed by atoms with Gasteiger partial charge in [-0.3, -0.25) is 0 Å². The van der Waals surface area contributed by atoms with Crippen LogP contribution in [0.1, 0.15) is 128 Å². The molecule has 6 aromatic rings. The summed E-state index contributed by atoms with van der Waals surface area (Å²) in [6.45, 7) is 4.62. The van der Waals surface area contributed by atoms with E-state index in [-0.39, 0.29) is 0 Å². The number of hydrogen-bond donors (Lipinski definition) is 0. The van der Waals surface area contributed by atoms with Crippen LogP contribution in [0.4, 0.5) is 0 Å². The minimum absolute atomic E-state index is 1.22. The number of thiophene rings is 1. The predicted octanol–water partition coefficient (Wildman–Crippen LogP) is 15.4. The van der Waals surface area contributed by atoms with Crippen LogP contribution in [0.3, 0.4) is 0 Å². The minimum Gasteiger partial charge on any atom is -0.152 e. The van der Waals surface area contributed by atoms with Crippen LogP contribution in [0.15, 0.2) is 95.7 Å². The summed E-state index contributed by atoms with van der Waals surface area (Å²) in [4.78, 5) is 0. The van der Waals surface area contributed by atoms with Crippen molar-refractivity contribution in [1.29, 1.82) is 0 Å². The van der Waals surface area contributed by atoms with E-state index in [1.807, 2.05) is 22.9 Å². The van der Waals surface area contributed by atoms with Crippen LogP contribution in [0.25, 0.3) is 43.1 Å². The first kappa shape index (κ1) is 35.2. The van der Waals surface area contributed by atoms with Gasteiger partial charge < -0.3 is 0 Å². The molecule has 1 heterocycles. The summed E-state index contributed by atoms with van der Waals surface area (Å²) in [5.74, 6) is 0. The molecule has 0 aliphatic heterocycles. The van der Waals surface area contributed by atoms with Crippen molar-refractivity contribution in [2.75, 3.05) is 0 Å². The second-order valence-corrected chi connectivity index (χ2v) is 14.5. The maximum Gasteiger partial charge on any atom is -0.00266 e. The number of aryl methyl sites for hydroxylation is 2. The van der Waals surface area contributed by atoms with Gasteiger partial charge in [-0.05, 0) is 90.7 Å². The van der Waals surface area contributed by atoms with Gasteiger partial charge in [-0.1, -0.05) is 189 Å². The molecule has 248 valence electrons. The summed E-state index contributed by atoms with van der Waals surface area (Å²) in [5.41, 5.74) is 3.25. The summed E-state index contributed by atoms with van der Waals surface area (Å²) in [6.07, 6.45) is 24.6. The van der Waals surface area contributed by atoms with Crippen molar-refractivity contribution < 1.29 is 0 Å². The Hall–Kier alpha value is -3.16. The predicted molar refractivity (Wildman–Crippen MR) is 213 cm³/mol. The molecule has 5 aromatic carbocycles. The molecular weight excluding hydrogens is 585 g/mol. The molecule has 0 spiro atoms. The monoisotopic (exact) mass is 642 g/mol. The Balaban J connectivity index is 0.000000792. The largest absolute Gasteiger partial charge is 0.152 e. The first-order valence-electron chi connectivity index (χ1n) is 19.1. The smallest absolute Gasteiger partial charge is 0.00266 e. The molecule has 0 bridgehead atoms. The highest BCUT2D eigenvalue weighted by Crippen LogP contribution is 2.37. The molecule has 6 rings (SSSR count). The molecule has 0 atom stereocenters. The molecule has 47 heavy (non-hydrogen) atoms. The van der Waals surface area contributed by atoms with E-state index in [9.17, 15) is 0 Å². The summed E-state index contributed by atoms with van der Waals surface area (Å²) in [6, 6.07) is 32.0. The van der Waals surface area contributed by atoms with Gasteiger partial charge in [0.15, 0.2) is 0 Å². The zero-order chi connectivity index (χ0) is 32.5. The molecule has 0 saturated heterocycles. The highest BCUT2D eigenvalue weighted by molar-refractivity contribution is 7.07. The van der Waals surface area contributed by atoms with E-state index in [4.69, 9.17) is 0 Å². The van der Waals surface area contributed by atoms with E-state index in [0.29, 0.717) is 0 Å². The van der Waals surface area contributed by atoms with Crippen molar-refractivity contribution in [3.8, 4) is 0 Å². The molecule has 1 aromatic heterocycles. The summed E-state index contributed by atoms with van der Waals surface area (Å²) in [7, 11) is 0. The van der Waals surface area contributed by atoms with Gasteiger partial charge >= 0.3 is 0 Å². The van der Waals surface area contributed by atoms with Crippen LogP contribution >= 0.6 is 11.3 Å². The number of rotatable bonds is 18. The van der Waals surface area contributed by atoms with Crippen LogP contribution in [0, 0.1) is 0 Å². The van der Waals surface area contributed by atoms with Crippen LogP contribution in [0.5, 0.6) is 0 Å². The standard InChI is InChI=1S/C42H54.C4H4S/c1-3-5-7-9-11-13-15-17-21-33-27-29-39-38(36(33)23-18-16-14-12-10-8-6-4-2)31-32-41-40(39)30-28-35-26-25-34-22-19-20-24-37(34)42(35)41;1-2-4-5-3-1/h19-20,22,24-32H,3-18,21,23H2,1-2H3;1-4H. The van der Waals surface area contributed by atoms with Gasteiger partial charge in [-0.2, -0.15) is 11.3 Å². The van der Waals surface area contributed by atoms with E-state index in [0.717, 1.165) is 0 Å². The van der Waals surface area contributed by atoms with Crippen LogP contribution in [0.2, 0.25) is 0 Å². The van der Waals surface area contributed by atoms with Gasteiger partial charge in [-0.15, -0.1) is 0 Å². The van der Waals surface area contributed by atoms with Crippen LogP contribution in [-0.2, 0) is 12.8 Å². The number of unbranched alkanes of at least 4 members (excludes halogenated alkanes) is 14. The summed E-state index contributed by atoms with van der Waals surface area (Å²) >= 11 is 1.71. The van der Waals surface area contributed by atoms with Gasteiger partial charge in [0.2, 0.25) is 0 Å². The molecule has 0 unspecified atom stereocenters. The fourth-order valence-corrected chi connectivity index (χ4v) is 7.93. The van der Waals surface area contributed by atoms with E-state index >= 15 is 0 Å². The van der Waals surface area contributed by atoms with Crippen LogP contribution in [-0.4, -0.2) is 0 Å². The molecule has 0 aliphatic rings. The SMILES string of the molecule is CCCCCCCCCCc1ccc2c(ccc3c2ccc2ccc4ccccc4c23)c1CCCCCCCCCC.c1ccsc1. The van der Waals surface area contributed by atoms with E-state index in [1.165, 1.54) is 159 Å². The van der Waals surface area contributed by atoms with E-state index in [2.05, 4.69) is 86.6 Å². The molecule has 0 radical (unpaired) electrons. The number of hydrogen-bond acceptors (Lipinski definition) is 1. The van der Waals surface area contributed by atoms with Gasteiger partial charge in [0.05, 0.1) is 0 Å². The third kappa shape index (κ3) is 9.93. The second-order valence-electron chi connectivity index (χ2n) is 13.7. The lowest BCUT2D eigenvalue weighted by molar-refractivity contribution is 0.571. The third-order valence-corrected chi connectivity index (χ3v) is 10.7. The first-order chi connectivity index (χ1) is 23.3. The Morgan fingerprint density at radius 3 is 1.55 bits per heavy atom. The zero-order valence-electron chi connectivity index (χ0n) is 29.4. The summed E-state index contributed by atoms with van der Waals surface area (Å²) < 4.78 is 0. The maximum atomic E-state index is 2.50. The highest BCUT2D eigenvalue weighted by Gasteiger charge is 2.13. The van der Waals surface area contributed by atoms with Crippen molar-refractivity contribution >= 4 is 54.4 Å². The average Bonchev–Trinajstić information content (AvgIpc) is 3.71. The Bertz CT molecular complexity index is 1740. The molecule has 1 heteroatoms. The van der Waals surface area contributed by atoms with Crippen molar-refractivity contribution in [1.82, 2.24) is 0 Å². The first-order valence-corrected chi connectivity index (χ1v) is 20.0. The molecule has 0 N–H and O–H groups in total. The van der Waals surface area contributed by atoms with Gasteiger partial charge in [0, 0.05) is 0 Å². The Morgan fingerprint density at radius 2 is 0.894 bits per heavy atom. The van der Waals surface area contributed by atoms with Gasteiger partial charge in [-0.25, -0.2) is 0 Å². The highest BCUT2D eigenvalue weighted by atomic mass is 32.1. The van der Waals surface area contributed by atoms with Gasteiger partial charge in [0.1, 0.15) is 0 Å². The van der Waals surface area contributed by atoms with E-state index < -0.39 is 0 Å². The third-order valence-electron chi connectivity index (χ3n) is 10.1. The number of benzene rings is 5. The minimum atomic E-state index is 1.22. The molecule has 0 nitrogen and oxygen atoms in total. The Morgan fingerprint density at radius 1 is 0.383 bits per heavy atom. The average molecular weight is 643 g/mol. The van der Waals surface area contributed by atoms with Crippen molar-refractivity contribution in [3.63, 3.8) is 0 Å². The number of fused-ring (bicyclic) bond motifs is 7. The lowest BCUT2D eigenvalue weighted by Crippen LogP contribution is -1.98. The van der Waals surface area contributed by atoms with Crippen molar-refractivity contribution in [2.45, 2.75) is 129 Å². The van der Waals surface area contributed by atoms with Crippen molar-refractivity contribution in [2.24, 2.45) is 0 Å². The molecular formula is C46H58S. The normalized spacial score (nSPS) is 11.4. The lowest BCUT2D eigenvalue weighted by Gasteiger charge is -2.16. The van der Waals surface area contributed by atoms with E-state index in [1.54, 1.807) is 22.5 Å². The fourth-order valence-electron chi connectivity index (χ4n) is 7.48.